The number of H-pyrrole nitrogens is 1. The topological polar surface area (TPSA) is 50.7 Å². The Morgan fingerprint density at radius 3 is 2.79 bits per heavy atom. The lowest BCUT2D eigenvalue weighted by atomic mass is 9.77. The summed E-state index contributed by atoms with van der Waals surface area (Å²) < 4.78 is 1.76. The van der Waals surface area contributed by atoms with Crippen LogP contribution in [0.2, 0.25) is 0 Å². The Balaban J connectivity index is 2.03. The van der Waals surface area contributed by atoms with E-state index in [1.54, 1.807) is 16.3 Å². The quantitative estimate of drug-likeness (QED) is 0.633. The van der Waals surface area contributed by atoms with Gasteiger partial charge in [-0.2, -0.15) is 0 Å². The molecule has 0 radical (unpaired) electrons. The molecule has 19 heavy (non-hydrogen) atoms. The van der Waals surface area contributed by atoms with E-state index in [0.717, 1.165) is 29.2 Å². The predicted molar refractivity (Wildman–Crippen MR) is 83.2 cm³/mol. The molecule has 1 aromatic heterocycles. The minimum absolute atomic E-state index is 0.0825. The minimum atomic E-state index is -0.0825. The molecule has 1 N–H and O–H groups in total. The summed E-state index contributed by atoms with van der Waals surface area (Å²) >= 11 is 5.41. The summed E-state index contributed by atoms with van der Waals surface area (Å²) in [7, 11) is 0. The first-order valence-electron chi connectivity index (χ1n) is 7.05. The van der Waals surface area contributed by atoms with E-state index in [2.05, 4.69) is 33.1 Å². The molecule has 1 fully saturated rings. The number of halogens is 1. The molecular formula is C13H22BrN3OS. The van der Waals surface area contributed by atoms with Gasteiger partial charge in [-0.1, -0.05) is 53.9 Å². The molecule has 0 aliphatic heterocycles. The van der Waals surface area contributed by atoms with Crippen LogP contribution >= 0.6 is 27.7 Å². The van der Waals surface area contributed by atoms with E-state index in [9.17, 15) is 4.79 Å². The van der Waals surface area contributed by atoms with E-state index >= 15 is 0 Å². The van der Waals surface area contributed by atoms with Crippen LogP contribution in [0.5, 0.6) is 0 Å². The van der Waals surface area contributed by atoms with Crippen LogP contribution in [0.15, 0.2) is 9.95 Å². The van der Waals surface area contributed by atoms with Gasteiger partial charge in [0.15, 0.2) is 5.16 Å². The lowest BCUT2D eigenvalue weighted by Gasteiger charge is -2.35. The monoisotopic (exact) mass is 347 g/mol. The zero-order chi connectivity index (χ0) is 13.7. The third kappa shape index (κ3) is 3.66. The number of hydrogen-bond donors (Lipinski definition) is 1. The van der Waals surface area contributed by atoms with Gasteiger partial charge < -0.3 is 0 Å². The first-order valence-corrected chi connectivity index (χ1v) is 9.15. The minimum Gasteiger partial charge on any atom is -0.270 e. The first kappa shape index (κ1) is 15.2. The fourth-order valence-electron chi connectivity index (χ4n) is 2.67. The molecule has 0 atom stereocenters. The first-order chi connectivity index (χ1) is 9.21. The van der Waals surface area contributed by atoms with Gasteiger partial charge in [-0.25, -0.2) is 9.89 Å². The molecule has 108 valence electrons. The molecule has 2 rings (SSSR count). The largest absolute Gasteiger partial charge is 0.343 e. The van der Waals surface area contributed by atoms with Crippen molar-refractivity contribution in [3.63, 3.8) is 0 Å². The van der Waals surface area contributed by atoms with Crippen LogP contribution in [0, 0.1) is 5.41 Å². The number of thioether (sulfide) groups is 1. The molecule has 4 nitrogen and oxygen atoms in total. The average Bonchev–Trinajstić information content (AvgIpc) is 2.79. The van der Waals surface area contributed by atoms with Gasteiger partial charge in [0.05, 0.1) is 0 Å². The normalized spacial score (nSPS) is 18.6. The van der Waals surface area contributed by atoms with Gasteiger partial charge in [0.2, 0.25) is 0 Å². The highest BCUT2D eigenvalue weighted by atomic mass is 79.9. The summed E-state index contributed by atoms with van der Waals surface area (Å²) in [6.07, 6.45) is 7.54. The maximum absolute atomic E-state index is 11.7. The smallest absolute Gasteiger partial charge is 0.270 e. The zero-order valence-corrected chi connectivity index (χ0v) is 13.9. The summed E-state index contributed by atoms with van der Waals surface area (Å²) in [5, 5.41) is 8.62. The van der Waals surface area contributed by atoms with Gasteiger partial charge in [-0.05, 0) is 24.7 Å². The molecule has 1 saturated carbocycles. The Morgan fingerprint density at radius 2 is 2.16 bits per heavy atom. The molecule has 1 aliphatic rings. The second kappa shape index (κ2) is 6.97. The third-order valence-electron chi connectivity index (χ3n) is 3.88. The van der Waals surface area contributed by atoms with E-state index in [4.69, 9.17) is 0 Å². The molecule has 1 aliphatic carbocycles. The highest BCUT2D eigenvalue weighted by molar-refractivity contribution is 9.09. The summed E-state index contributed by atoms with van der Waals surface area (Å²) in [6, 6.07) is 0. The number of rotatable bonds is 6. The van der Waals surface area contributed by atoms with Crippen molar-refractivity contribution in [2.24, 2.45) is 5.41 Å². The van der Waals surface area contributed by atoms with Crippen LogP contribution < -0.4 is 5.69 Å². The van der Waals surface area contributed by atoms with Crippen molar-refractivity contribution < 1.29 is 0 Å². The fraction of sp³-hybridized carbons (Fsp3) is 0.846. The predicted octanol–water partition coefficient (Wildman–Crippen LogP) is 3.42. The van der Waals surface area contributed by atoms with E-state index in [1.165, 1.54) is 32.1 Å². The molecule has 1 aromatic rings. The second-order valence-corrected chi connectivity index (χ2v) is 6.95. The van der Waals surface area contributed by atoms with Crippen LogP contribution in [0.25, 0.3) is 0 Å². The van der Waals surface area contributed by atoms with Crippen molar-refractivity contribution in [2.75, 3.05) is 11.1 Å². The average molecular weight is 348 g/mol. The van der Waals surface area contributed by atoms with Crippen LogP contribution in [0.4, 0.5) is 0 Å². The summed E-state index contributed by atoms with van der Waals surface area (Å²) in [5.74, 6) is 1.05. The van der Waals surface area contributed by atoms with Crippen molar-refractivity contribution >= 4 is 27.7 Å². The fourth-order valence-corrected chi connectivity index (χ4v) is 4.96. The van der Waals surface area contributed by atoms with Crippen LogP contribution in [0.3, 0.4) is 0 Å². The molecule has 0 aromatic carbocycles. The van der Waals surface area contributed by atoms with Crippen LogP contribution in [-0.2, 0) is 6.54 Å². The molecule has 6 heteroatoms. The third-order valence-corrected chi connectivity index (χ3v) is 6.39. The van der Waals surface area contributed by atoms with Gasteiger partial charge >= 0.3 is 5.69 Å². The van der Waals surface area contributed by atoms with Gasteiger partial charge in [-0.3, -0.25) is 4.57 Å². The van der Waals surface area contributed by atoms with Crippen molar-refractivity contribution in [3.05, 3.63) is 10.5 Å². The molecular weight excluding hydrogens is 326 g/mol. The van der Waals surface area contributed by atoms with Crippen LogP contribution in [0.1, 0.15) is 45.4 Å². The molecule has 0 unspecified atom stereocenters. The number of nitrogens with zero attached hydrogens (tertiary/aromatic N) is 2. The Morgan fingerprint density at radius 1 is 1.42 bits per heavy atom. The Kier molecular flexibility index (Phi) is 5.57. The standard InChI is InChI=1S/C13H22BrN3OS/c1-2-8-17-11(18)15-16-12(17)19-10-13(9-14)6-4-3-5-7-13/h2-10H2,1H3,(H,15,18). The van der Waals surface area contributed by atoms with Crippen LogP contribution in [-0.4, -0.2) is 25.8 Å². The second-order valence-electron chi connectivity index (χ2n) is 5.45. The number of hydrogen-bond acceptors (Lipinski definition) is 3. The highest BCUT2D eigenvalue weighted by Gasteiger charge is 2.31. The molecule has 1 heterocycles. The number of aromatic amines is 1. The highest BCUT2D eigenvalue weighted by Crippen LogP contribution is 2.41. The van der Waals surface area contributed by atoms with Gasteiger partial charge in [0.1, 0.15) is 0 Å². The lowest BCUT2D eigenvalue weighted by molar-refractivity contribution is 0.260. The molecule has 0 spiro atoms. The molecule has 0 saturated heterocycles. The summed E-state index contributed by atoms with van der Waals surface area (Å²) in [6.45, 7) is 2.83. The number of nitrogens with one attached hydrogen (secondary N) is 1. The number of alkyl halides is 1. The zero-order valence-electron chi connectivity index (χ0n) is 11.5. The van der Waals surface area contributed by atoms with E-state index in [1.807, 2.05) is 0 Å². The van der Waals surface area contributed by atoms with Crippen molar-refractivity contribution in [1.82, 2.24) is 14.8 Å². The summed E-state index contributed by atoms with van der Waals surface area (Å²) in [5.41, 5.74) is 0.301. The Hall–Kier alpha value is -0.230. The number of aromatic nitrogens is 3. The molecule has 0 amide bonds. The Labute approximate surface area is 126 Å². The van der Waals surface area contributed by atoms with E-state index in [-0.39, 0.29) is 5.69 Å². The van der Waals surface area contributed by atoms with Gasteiger partial charge in [-0.15, -0.1) is 5.10 Å². The lowest BCUT2D eigenvalue weighted by Crippen LogP contribution is -2.29. The molecule has 0 bridgehead atoms. The Bertz CT molecular complexity index is 451. The maximum Gasteiger partial charge on any atom is 0.343 e. The van der Waals surface area contributed by atoms with Gasteiger partial charge in [0.25, 0.3) is 0 Å². The van der Waals surface area contributed by atoms with Crippen molar-refractivity contribution in [3.8, 4) is 0 Å². The van der Waals surface area contributed by atoms with E-state index in [0.29, 0.717) is 5.41 Å². The summed E-state index contributed by atoms with van der Waals surface area (Å²) in [4.78, 5) is 11.7. The van der Waals surface area contributed by atoms with Gasteiger partial charge in [0, 0.05) is 17.6 Å². The SMILES string of the molecule is CCCn1c(SCC2(CBr)CCCCC2)n[nH]c1=O. The maximum atomic E-state index is 11.7. The van der Waals surface area contributed by atoms with Crippen molar-refractivity contribution in [1.29, 1.82) is 0 Å². The van der Waals surface area contributed by atoms with E-state index < -0.39 is 0 Å². The van der Waals surface area contributed by atoms with Crippen molar-refractivity contribution in [2.45, 2.75) is 57.1 Å².